The topological polar surface area (TPSA) is 50.5 Å². The molecule has 2 aliphatic carbocycles. The Morgan fingerprint density at radius 3 is 2.56 bits per heavy atom. The number of aromatic nitrogens is 2. The SMILES string of the molecule is CC1(C)[C@H]2CC[C@]1(C1=NCCN=C1)c1nnc(-c3c(F)cccc3F)cc12. The van der Waals surface area contributed by atoms with E-state index in [1.807, 2.05) is 12.3 Å². The van der Waals surface area contributed by atoms with Gasteiger partial charge in [0.15, 0.2) is 0 Å². The summed E-state index contributed by atoms with van der Waals surface area (Å²) in [6.07, 6.45) is 3.83. The van der Waals surface area contributed by atoms with Crippen LogP contribution in [-0.4, -0.2) is 35.2 Å². The Labute approximate surface area is 156 Å². The molecule has 0 N–H and O–H groups in total. The lowest BCUT2D eigenvalue weighted by Gasteiger charge is -2.38. The van der Waals surface area contributed by atoms with E-state index in [0.717, 1.165) is 29.8 Å². The first kappa shape index (κ1) is 16.7. The van der Waals surface area contributed by atoms with E-state index in [-0.39, 0.29) is 28.0 Å². The summed E-state index contributed by atoms with van der Waals surface area (Å²) in [4.78, 5) is 9.20. The molecule has 1 aliphatic heterocycles. The minimum atomic E-state index is -0.620. The Hall–Kier alpha value is -2.50. The zero-order valence-electron chi connectivity index (χ0n) is 15.3. The van der Waals surface area contributed by atoms with Crippen LogP contribution in [0.3, 0.4) is 0 Å². The Bertz CT molecular complexity index is 991. The van der Waals surface area contributed by atoms with Gasteiger partial charge in [-0.2, -0.15) is 5.10 Å². The molecule has 3 aliphatic rings. The minimum absolute atomic E-state index is 0.0986. The second-order valence-corrected chi connectivity index (χ2v) is 8.15. The van der Waals surface area contributed by atoms with E-state index < -0.39 is 11.6 Å². The van der Waals surface area contributed by atoms with Gasteiger partial charge < -0.3 is 0 Å². The van der Waals surface area contributed by atoms with Crippen LogP contribution >= 0.6 is 0 Å². The Morgan fingerprint density at radius 1 is 1.07 bits per heavy atom. The maximum absolute atomic E-state index is 14.2. The summed E-state index contributed by atoms with van der Waals surface area (Å²) in [5.41, 5.74) is 2.63. The smallest absolute Gasteiger partial charge is 0.135 e. The van der Waals surface area contributed by atoms with Crippen molar-refractivity contribution in [2.45, 2.75) is 38.0 Å². The molecule has 0 unspecified atom stereocenters. The molecule has 0 radical (unpaired) electrons. The van der Waals surface area contributed by atoms with Crippen molar-refractivity contribution in [3.63, 3.8) is 0 Å². The fourth-order valence-corrected chi connectivity index (χ4v) is 5.42. The standard InChI is InChI=1S/C21H20F2N4/c1-20(2)13-6-7-21(20,17-11-24-8-9-25-17)19-12(13)10-16(26-27-19)18-14(22)4-3-5-15(18)23/h3-5,10-11,13H,6-9H2,1-2H3/t13-,21-/m0/s1. The van der Waals surface area contributed by atoms with Crippen molar-refractivity contribution in [1.29, 1.82) is 0 Å². The van der Waals surface area contributed by atoms with Gasteiger partial charge in [-0.05, 0) is 47.9 Å². The zero-order chi connectivity index (χ0) is 18.8. The maximum atomic E-state index is 14.2. The number of fused-ring (bicyclic) bond motifs is 5. The van der Waals surface area contributed by atoms with Crippen molar-refractivity contribution in [3.05, 3.63) is 47.2 Å². The molecule has 2 bridgehead atoms. The van der Waals surface area contributed by atoms with Crippen molar-refractivity contribution in [1.82, 2.24) is 10.2 Å². The number of hydrogen-bond acceptors (Lipinski definition) is 4. The zero-order valence-corrected chi connectivity index (χ0v) is 15.3. The number of nitrogens with zero attached hydrogens (tertiary/aromatic N) is 4. The van der Waals surface area contributed by atoms with Crippen LogP contribution in [0.4, 0.5) is 8.78 Å². The average molecular weight is 366 g/mol. The minimum Gasteiger partial charge on any atom is -0.289 e. The Balaban J connectivity index is 1.71. The average Bonchev–Trinajstić information content (AvgIpc) is 3.04. The summed E-state index contributed by atoms with van der Waals surface area (Å²) in [6, 6.07) is 5.68. The predicted octanol–water partition coefficient (Wildman–Crippen LogP) is 4.10. The van der Waals surface area contributed by atoms with Gasteiger partial charge in [0, 0.05) is 6.21 Å². The van der Waals surface area contributed by atoms with Gasteiger partial charge in [0.05, 0.1) is 41.2 Å². The third-order valence-corrected chi connectivity index (χ3v) is 6.76. The molecule has 0 spiro atoms. The largest absolute Gasteiger partial charge is 0.289 e. The summed E-state index contributed by atoms with van der Waals surface area (Å²) in [7, 11) is 0. The van der Waals surface area contributed by atoms with E-state index in [2.05, 4.69) is 29.0 Å². The van der Waals surface area contributed by atoms with Gasteiger partial charge >= 0.3 is 0 Å². The first-order valence-electron chi connectivity index (χ1n) is 9.34. The molecule has 2 atom stereocenters. The van der Waals surface area contributed by atoms with Crippen LogP contribution in [0, 0.1) is 17.0 Å². The Kier molecular flexibility index (Phi) is 3.39. The van der Waals surface area contributed by atoms with Crippen molar-refractivity contribution in [2.75, 3.05) is 13.1 Å². The van der Waals surface area contributed by atoms with E-state index in [4.69, 9.17) is 4.99 Å². The van der Waals surface area contributed by atoms with Gasteiger partial charge in [0.1, 0.15) is 11.6 Å². The summed E-state index contributed by atoms with van der Waals surface area (Å²) in [5.74, 6) is -0.982. The molecule has 2 aromatic rings. The first-order valence-corrected chi connectivity index (χ1v) is 9.34. The van der Waals surface area contributed by atoms with Crippen LogP contribution in [0.25, 0.3) is 11.3 Å². The summed E-state index contributed by atoms with van der Waals surface area (Å²) in [5, 5.41) is 8.75. The molecule has 5 rings (SSSR count). The molecule has 6 heteroatoms. The number of halogens is 2. The number of rotatable bonds is 2. The van der Waals surface area contributed by atoms with Crippen LogP contribution in [0.15, 0.2) is 34.3 Å². The molecular formula is C21H20F2N4. The lowest BCUT2D eigenvalue weighted by atomic mass is 9.65. The third-order valence-electron chi connectivity index (χ3n) is 6.76. The van der Waals surface area contributed by atoms with E-state index >= 15 is 0 Å². The lowest BCUT2D eigenvalue weighted by Crippen LogP contribution is -2.45. The van der Waals surface area contributed by atoms with Crippen LogP contribution in [0.1, 0.15) is 43.9 Å². The Morgan fingerprint density at radius 2 is 1.85 bits per heavy atom. The molecule has 138 valence electrons. The molecular weight excluding hydrogens is 346 g/mol. The second-order valence-electron chi connectivity index (χ2n) is 8.15. The molecule has 0 saturated heterocycles. The lowest BCUT2D eigenvalue weighted by molar-refractivity contribution is 0.276. The van der Waals surface area contributed by atoms with Crippen molar-refractivity contribution < 1.29 is 8.78 Å². The van der Waals surface area contributed by atoms with Gasteiger partial charge in [-0.25, -0.2) is 8.78 Å². The summed E-state index contributed by atoms with van der Waals surface area (Å²) in [6.45, 7) is 5.88. The van der Waals surface area contributed by atoms with Gasteiger partial charge in [0.25, 0.3) is 0 Å². The highest BCUT2D eigenvalue weighted by atomic mass is 19.1. The van der Waals surface area contributed by atoms with Crippen molar-refractivity contribution in [3.8, 4) is 11.3 Å². The second kappa shape index (κ2) is 5.50. The van der Waals surface area contributed by atoms with Crippen molar-refractivity contribution in [2.24, 2.45) is 15.4 Å². The molecule has 27 heavy (non-hydrogen) atoms. The fourth-order valence-electron chi connectivity index (χ4n) is 5.42. The predicted molar refractivity (Wildman–Crippen MR) is 100 cm³/mol. The monoisotopic (exact) mass is 366 g/mol. The molecule has 2 heterocycles. The normalized spacial score (nSPS) is 27.6. The van der Waals surface area contributed by atoms with E-state index in [0.29, 0.717) is 13.1 Å². The highest BCUT2D eigenvalue weighted by molar-refractivity contribution is 6.35. The van der Waals surface area contributed by atoms with E-state index in [1.165, 1.54) is 18.2 Å². The van der Waals surface area contributed by atoms with Gasteiger partial charge in [-0.1, -0.05) is 19.9 Å². The molecule has 1 saturated carbocycles. The van der Waals surface area contributed by atoms with Crippen LogP contribution in [0.5, 0.6) is 0 Å². The fraction of sp³-hybridized carbons (Fsp3) is 0.429. The number of hydrogen-bond donors (Lipinski definition) is 0. The van der Waals surface area contributed by atoms with E-state index in [9.17, 15) is 8.78 Å². The maximum Gasteiger partial charge on any atom is 0.135 e. The van der Waals surface area contributed by atoms with Crippen LogP contribution < -0.4 is 0 Å². The summed E-state index contributed by atoms with van der Waals surface area (Å²) < 4.78 is 28.5. The van der Waals surface area contributed by atoms with Crippen LogP contribution in [-0.2, 0) is 5.41 Å². The quantitative estimate of drug-likeness (QED) is 0.803. The van der Waals surface area contributed by atoms with Gasteiger partial charge in [-0.15, -0.1) is 5.10 Å². The van der Waals surface area contributed by atoms with Gasteiger partial charge in [-0.3, -0.25) is 9.98 Å². The molecule has 1 aromatic carbocycles. The first-order chi connectivity index (χ1) is 13.0. The highest BCUT2D eigenvalue weighted by Gasteiger charge is 2.65. The third kappa shape index (κ3) is 2.01. The molecule has 1 aromatic heterocycles. The van der Waals surface area contributed by atoms with Crippen molar-refractivity contribution >= 4 is 11.9 Å². The number of benzene rings is 1. The molecule has 4 nitrogen and oxygen atoms in total. The summed E-state index contributed by atoms with van der Waals surface area (Å²) >= 11 is 0. The van der Waals surface area contributed by atoms with Crippen LogP contribution in [0.2, 0.25) is 0 Å². The molecule has 1 fully saturated rings. The highest BCUT2D eigenvalue weighted by Crippen LogP contribution is 2.67. The van der Waals surface area contributed by atoms with E-state index in [1.54, 1.807) is 0 Å². The van der Waals surface area contributed by atoms with Gasteiger partial charge in [0.2, 0.25) is 0 Å². The number of aliphatic imine (C=N–C) groups is 2. The molecule has 0 amide bonds.